The van der Waals surface area contributed by atoms with Crippen LogP contribution in [0.3, 0.4) is 0 Å². The molecule has 2 aliphatic rings. The molecule has 1 saturated heterocycles. The summed E-state index contributed by atoms with van der Waals surface area (Å²) in [6.45, 7) is 4.70. The van der Waals surface area contributed by atoms with E-state index in [-0.39, 0.29) is 17.9 Å². The molecule has 2 amide bonds. The summed E-state index contributed by atoms with van der Waals surface area (Å²) in [4.78, 5) is 33.7. The molecule has 1 aromatic heterocycles. The summed E-state index contributed by atoms with van der Waals surface area (Å²) >= 11 is 1.62. The molecular formula is C26H27N3O2S. The topological polar surface area (TPSA) is 43.9 Å². The second kappa shape index (κ2) is 9.27. The molecule has 0 N–H and O–H groups in total. The molecule has 0 bridgehead atoms. The van der Waals surface area contributed by atoms with E-state index in [2.05, 4.69) is 29.2 Å². The van der Waals surface area contributed by atoms with Gasteiger partial charge in [-0.15, -0.1) is 11.3 Å². The number of carbonyl (C=O) groups is 2. The Morgan fingerprint density at radius 1 is 0.906 bits per heavy atom. The van der Waals surface area contributed by atoms with Crippen LogP contribution in [-0.4, -0.2) is 52.7 Å². The van der Waals surface area contributed by atoms with Crippen LogP contribution in [0.2, 0.25) is 0 Å². The highest BCUT2D eigenvalue weighted by molar-refractivity contribution is 7.10. The van der Waals surface area contributed by atoms with Crippen LogP contribution in [0, 0.1) is 0 Å². The van der Waals surface area contributed by atoms with Crippen molar-refractivity contribution in [3.63, 3.8) is 0 Å². The average Bonchev–Trinajstić information content (AvgIpc) is 3.47. The number of carbonyl (C=O) groups excluding carboxylic acids is 2. The largest absolute Gasteiger partial charge is 0.340 e. The molecule has 1 fully saturated rings. The number of thiophene rings is 1. The Hall–Kier alpha value is -2.96. The van der Waals surface area contributed by atoms with Gasteiger partial charge in [0.1, 0.15) is 0 Å². The Kier molecular flexibility index (Phi) is 6.06. The highest BCUT2D eigenvalue weighted by Gasteiger charge is 2.36. The van der Waals surface area contributed by atoms with Crippen LogP contribution >= 0.6 is 11.3 Å². The minimum atomic E-state index is -0.218. The SMILES string of the molecule is O=C(CC(c1cccs1)N1Cc2ccccc2C1=O)N1CCN(Cc2ccccc2)CC1. The number of piperazine rings is 1. The lowest BCUT2D eigenvalue weighted by Crippen LogP contribution is -2.49. The molecular weight excluding hydrogens is 418 g/mol. The second-order valence-corrected chi connectivity index (χ2v) is 9.45. The zero-order chi connectivity index (χ0) is 21.9. The number of hydrogen-bond donors (Lipinski definition) is 0. The van der Waals surface area contributed by atoms with E-state index in [9.17, 15) is 9.59 Å². The van der Waals surface area contributed by atoms with Crippen LogP contribution in [0.5, 0.6) is 0 Å². The lowest BCUT2D eigenvalue weighted by Gasteiger charge is -2.36. The van der Waals surface area contributed by atoms with E-state index in [1.807, 2.05) is 57.6 Å². The molecule has 2 aliphatic heterocycles. The molecule has 0 spiro atoms. The van der Waals surface area contributed by atoms with E-state index in [1.165, 1.54) is 5.56 Å². The minimum absolute atomic E-state index is 0.0273. The number of fused-ring (bicyclic) bond motifs is 1. The van der Waals surface area contributed by atoms with Crippen LogP contribution in [0.1, 0.15) is 38.8 Å². The summed E-state index contributed by atoms with van der Waals surface area (Å²) in [5.74, 6) is 0.158. The van der Waals surface area contributed by atoms with Gasteiger partial charge in [0.2, 0.25) is 5.91 Å². The van der Waals surface area contributed by atoms with Gasteiger partial charge in [-0.2, -0.15) is 0 Å². The highest BCUT2D eigenvalue weighted by atomic mass is 32.1. The molecule has 0 radical (unpaired) electrons. The van der Waals surface area contributed by atoms with E-state index in [0.29, 0.717) is 13.0 Å². The predicted molar refractivity (Wildman–Crippen MR) is 126 cm³/mol. The predicted octanol–water partition coefficient (Wildman–Crippen LogP) is 4.18. The Labute approximate surface area is 192 Å². The quantitative estimate of drug-likeness (QED) is 0.572. The van der Waals surface area contributed by atoms with Gasteiger partial charge in [-0.3, -0.25) is 14.5 Å². The molecule has 1 unspecified atom stereocenters. The van der Waals surface area contributed by atoms with E-state index in [1.54, 1.807) is 11.3 Å². The third-order valence-electron chi connectivity index (χ3n) is 6.44. The summed E-state index contributed by atoms with van der Waals surface area (Å²) in [6, 6.07) is 22.0. The fourth-order valence-corrected chi connectivity index (χ4v) is 5.50. The molecule has 2 aromatic carbocycles. The lowest BCUT2D eigenvalue weighted by atomic mass is 10.1. The summed E-state index contributed by atoms with van der Waals surface area (Å²) in [5.41, 5.74) is 3.11. The third-order valence-corrected chi connectivity index (χ3v) is 7.41. The van der Waals surface area contributed by atoms with Gasteiger partial charge in [0.25, 0.3) is 5.91 Å². The van der Waals surface area contributed by atoms with Crippen molar-refractivity contribution in [3.05, 3.63) is 93.7 Å². The Morgan fingerprint density at radius 3 is 2.38 bits per heavy atom. The standard InChI is InChI=1S/C26H27N3O2S/c30-25(28-14-12-27(13-15-28)18-20-7-2-1-3-8-20)17-23(24-11-6-16-32-24)29-19-21-9-4-5-10-22(21)26(29)31/h1-11,16,23H,12-15,17-19H2. The van der Waals surface area contributed by atoms with Gasteiger partial charge >= 0.3 is 0 Å². The fourth-order valence-electron chi connectivity index (χ4n) is 4.67. The number of hydrogen-bond acceptors (Lipinski definition) is 4. The van der Waals surface area contributed by atoms with E-state index >= 15 is 0 Å². The molecule has 164 valence electrons. The van der Waals surface area contributed by atoms with Gasteiger partial charge in [0.05, 0.1) is 12.5 Å². The van der Waals surface area contributed by atoms with Crippen molar-refractivity contribution < 1.29 is 9.59 Å². The average molecular weight is 446 g/mol. The van der Waals surface area contributed by atoms with Crippen molar-refractivity contribution in [1.29, 1.82) is 0 Å². The maximum absolute atomic E-state index is 13.3. The molecule has 3 heterocycles. The van der Waals surface area contributed by atoms with Gasteiger partial charge in [-0.1, -0.05) is 54.6 Å². The molecule has 0 saturated carbocycles. The van der Waals surface area contributed by atoms with E-state index < -0.39 is 0 Å². The Morgan fingerprint density at radius 2 is 1.66 bits per heavy atom. The normalized spacial score (nSPS) is 17.4. The molecule has 5 rings (SSSR count). The first kappa shape index (κ1) is 20.9. The van der Waals surface area contributed by atoms with Crippen molar-refractivity contribution in [1.82, 2.24) is 14.7 Å². The molecule has 1 atom stereocenters. The molecule has 3 aromatic rings. The number of nitrogens with zero attached hydrogens (tertiary/aromatic N) is 3. The van der Waals surface area contributed by atoms with Crippen molar-refractivity contribution in [2.45, 2.75) is 25.6 Å². The second-order valence-electron chi connectivity index (χ2n) is 8.47. The van der Waals surface area contributed by atoms with Crippen molar-refractivity contribution >= 4 is 23.2 Å². The Bertz CT molecular complexity index is 1080. The van der Waals surface area contributed by atoms with Crippen molar-refractivity contribution in [2.24, 2.45) is 0 Å². The summed E-state index contributed by atoms with van der Waals surface area (Å²) in [7, 11) is 0. The van der Waals surface area contributed by atoms with E-state index in [4.69, 9.17) is 0 Å². The van der Waals surface area contributed by atoms with Gasteiger partial charge in [-0.25, -0.2) is 0 Å². The Balaban J connectivity index is 1.24. The minimum Gasteiger partial charge on any atom is -0.340 e. The summed E-state index contributed by atoms with van der Waals surface area (Å²) in [5, 5.41) is 2.02. The summed E-state index contributed by atoms with van der Waals surface area (Å²) < 4.78 is 0. The molecule has 0 aliphatic carbocycles. The van der Waals surface area contributed by atoms with Crippen molar-refractivity contribution in [3.8, 4) is 0 Å². The van der Waals surface area contributed by atoms with Gasteiger partial charge in [0.15, 0.2) is 0 Å². The van der Waals surface area contributed by atoms with E-state index in [0.717, 1.165) is 48.7 Å². The number of amides is 2. The van der Waals surface area contributed by atoms with Gasteiger partial charge < -0.3 is 9.80 Å². The van der Waals surface area contributed by atoms with Crippen LogP contribution in [0.4, 0.5) is 0 Å². The fraction of sp³-hybridized carbons (Fsp3) is 0.308. The van der Waals surface area contributed by atoms with Crippen LogP contribution in [0.15, 0.2) is 72.1 Å². The third kappa shape index (κ3) is 4.33. The smallest absolute Gasteiger partial charge is 0.255 e. The monoisotopic (exact) mass is 445 g/mol. The number of rotatable bonds is 6. The first-order chi connectivity index (χ1) is 15.7. The van der Waals surface area contributed by atoms with Crippen LogP contribution in [0.25, 0.3) is 0 Å². The zero-order valence-corrected chi connectivity index (χ0v) is 18.8. The number of benzene rings is 2. The first-order valence-corrected chi connectivity index (χ1v) is 12.0. The lowest BCUT2D eigenvalue weighted by molar-refractivity contribution is -0.134. The van der Waals surface area contributed by atoms with Crippen molar-refractivity contribution in [2.75, 3.05) is 26.2 Å². The van der Waals surface area contributed by atoms with Crippen LogP contribution < -0.4 is 0 Å². The van der Waals surface area contributed by atoms with Gasteiger partial charge in [-0.05, 0) is 28.6 Å². The summed E-state index contributed by atoms with van der Waals surface area (Å²) in [6.07, 6.45) is 0.332. The van der Waals surface area contributed by atoms with Crippen LogP contribution in [-0.2, 0) is 17.9 Å². The zero-order valence-electron chi connectivity index (χ0n) is 18.0. The maximum Gasteiger partial charge on any atom is 0.255 e. The maximum atomic E-state index is 13.3. The molecule has 32 heavy (non-hydrogen) atoms. The molecule has 6 heteroatoms. The molecule has 5 nitrogen and oxygen atoms in total. The van der Waals surface area contributed by atoms with Gasteiger partial charge in [0, 0.05) is 49.7 Å². The highest BCUT2D eigenvalue weighted by Crippen LogP contribution is 2.35. The first-order valence-electron chi connectivity index (χ1n) is 11.2.